The summed E-state index contributed by atoms with van der Waals surface area (Å²) in [5.74, 6) is 0.971. The van der Waals surface area contributed by atoms with Gasteiger partial charge in [0.1, 0.15) is 24.1 Å². The van der Waals surface area contributed by atoms with E-state index in [1.807, 2.05) is 31.2 Å². The van der Waals surface area contributed by atoms with Crippen LogP contribution in [0, 0.1) is 0 Å². The number of aromatic nitrogens is 4. The molecule has 0 amide bonds. The van der Waals surface area contributed by atoms with Gasteiger partial charge >= 0.3 is 6.18 Å². The first-order valence-electron chi connectivity index (χ1n) is 12.2. The fraction of sp³-hybridized carbons (Fsp3) is 0.370. The van der Waals surface area contributed by atoms with Crippen molar-refractivity contribution in [2.24, 2.45) is 5.73 Å². The zero-order valence-electron chi connectivity index (χ0n) is 21.2. The Morgan fingerprint density at radius 1 is 1.18 bits per heavy atom. The van der Waals surface area contributed by atoms with E-state index in [1.54, 1.807) is 17.6 Å². The van der Waals surface area contributed by atoms with Crippen LogP contribution in [0.15, 0.2) is 61.3 Å². The van der Waals surface area contributed by atoms with Crippen molar-refractivity contribution in [2.75, 3.05) is 26.8 Å². The summed E-state index contributed by atoms with van der Waals surface area (Å²) in [4.78, 5) is 6.07. The summed E-state index contributed by atoms with van der Waals surface area (Å²) in [5, 5.41) is 9.27. The predicted molar refractivity (Wildman–Crippen MR) is 138 cm³/mol. The molecule has 1 fully saturated rings. The summed E-state index contributed by atoms with van der Waals surface area (Å²) in [6.45, 7) is 6.26. The molecule has 4 heterocycles. The van der Waals surface area contributed by atoms with Crippen molar-refractivity contribution in [2.45, 2.75) is 37.2 Å². The number of rotatable bonds is 8. The number of nitrogens with two attached hydrogens (primary N) is 1. The van der Waals surface area contributed by atoms with E-state index in [0.717, 1.165) is 5.39 Å². The molecule has 11 heteroatoms. The molecule has 5 rings (SSSR count). The van der Waals surface area contributed by atoms with E-state index in [1.165, 1.54) is 29.3 Å². The lowest BCUT2D eigenvalue weighted by atomic mass is 10.0. The van der Waals surface area contributed by atoms with Crippen molar-refractivity contribution in [3.05, 3.63) is 66.9 Å². The summed E-state index contributed by atoms with van der Waals surface area (Å²) >= 11 is 0. The monoisotopic (exact) mass is 526 g/mol. The molecule has 0 aliphatic carbocycles. The Hall–Kier alpha value is -3.54. The number of methoxy groups -OCH3 is 1. The van der Waals surface area contributed by atoms with Gasteiger partial charge in [0, 0.05) is 43.4 Å². The number of fused-ring (bicyclic) bond motifs is 2. The van der Waals surface area contributed by atoms with E-state index in [2.05, 4.69) is 16.8 Å². The zero-order chi connectivity index (χ0) is 27.1. The minimum absolute atomic E-state index is 0.0630. The van der Waals surface area contributed by atoms with Gasteiger partial charge in [-0.1, -0.05) is 18.2 Å². The molecule has 1 aromatic carbocycles. The molecule has 0 bridgehead atoms. The second-order valence-corrected chi connectivity index (χ2v) is 9.72. The second-order valence-electron chi connectivity index (χ2n) is 9.72. The molecule has 1 saturated heterocycles. The molecular formula is C27H29F3N6O2. The van der Waals surface area contributed by atoms with Crippen molar-refractivity contribution in [1.82, 2.24) is 24.5 Å². The molecule has 3 aromatic heterocycles. The Bertz CT molecular complexity index is 1470. The third kappa shape index (κ3) is 5.09. The molecule has 3 atom stereocenters. The first-order valence-corrected chi connectivity index (χ1v) is 12.2. The van der Waals surface area contributed by atoms with Crippen LogP contribution in [0.4, 0.5) is 13.2 Å². The van der Waals surface area contributed by atoms with E-state index in [-0.39, 0.29) is 24.8 Å². The lowest BCUT2D eigenvalue weighted by Gasteiger charge is -2.31. The Labute approximate surface area is 217 Å². The van der Waals surface area contributed by atoms with Crippen molar-refractivity contribution in [3.8, 4) is 17.3 Å². The minimum Gasteiger partial charge on any atom is -0.491 e. The number of hydrogen-bond acceptors (Lipinski definition) is 7. The highest BCUT2D eigenvalue weighted by Gasteiger charge is 2.48. The topological polar surface area (TPSA) is 90.8 Å². The third-order valence-corrected chi connectivity index (χ3v) is 6.96. The van der Waals surface area contributed by atoms with Crippen LogP contribution in [0.3, 0.4) is 0 Å². The van der Waals surface area contributed by atoms with Gasteiger partial charge in [-0.2, -0.15) is 13.2 Å². The fourth-order valence-electron chi connectivity index (χ4n) is 4.72. The van der Waals surface area contributed by atoms with E-state index in [0.29, 0.717) is 41.5 Å². The smallest absolute Gasteiger partial charge is 0.408 e. The molecule has 0 saturated carbocycles. The number of pyridine rings is 2. The quantitative estimate of drug-likeness (QED) is 0.337. The van der Waals surface area contributed by atoms with Gasteiger partial charge in [-0.15, -0.1) is 16.8 Å². The highest BCUT2D eigenvalue weighted by molar-refractivity contribution is 5.82. The van der Waals surface area contributed by atoms with Gasteiger partial charge in [-0.3, -0.25) is 9.30 Å². The first kappa shape index (κ1) is 26.1. The van der Waals surface area contributed by atoms with Crippen molar-refractivity contribution in [3.63, 3.8) is 0 Å². The van der Waals surface area contributed by atoms with Gasteiger partial charge in [0.05, 0.1) is 11.6 Å². The highest BCUT2D eigenvalue weighted by Crippen LogP contribution is 2.41. The lowest BCUT2D eigenvalue weighted by molar-refractivity contribution is -0.184. The maximum atomic E-state index is 14.3. The van der Waals surface area contributed by atoms with Gasteiger partial charge in [0.25, 0.3) is 0 Å². The van der Waals surface area contributed by atoms with Crippen LogP contribution in [0.25, 0.3) is 28.1 Å². The van der Waals surface area contributed by atoms with Crippen molar-refractivity contribution >= 4 is 16.6 Å². The maximum Gasteiger partial charge on any atom is 0.408 e. The number of alkyl halides is 3. The van der Waals surface area contributed by atoms with E-state index < -0.39 is 17.8 Å². The zero-order valence-corrected chi connectivity index (χ0v) is 21.2. The van der Waals surface area contributed by atoms with Crippen LogP contribution in [-0.2, 0) is 4.74 Å². The maximum absolute atomic E-state index is 14.3. The van der Waals surface area contributed by atoms with Gasteiger partial charge in [-0.05, 0) is 43.2 Å². The number of nitrogens with zero attached hydrogens (tertiary/aromatic N) is 5. The molecule has 1 aliphatic heterocycles. The molecule has 200 valence electrons. The van der Waals surface area contributed by atoms with Gasteiger partial charge in [0.15, 0.2) is 11.5 Å². The van der Waals surface area contributed by atoms with E-state index in [4.69, 9.17) is 20.2 Å². The van der Waals surface area contributed by atoms with Crippen molar-refractivity contribution < 1.29 is 22.6 Å². The number of benzene rings is 1. The first-order chi connectivity index (χ1) is 18.1. The largest absolute Gasteiger partial charge is 0.491 e. The number of ether oxygens (including phenoxy) is 2. The third-order valence-electron chi connectivity index (χ3n) is 6.96. The lowest BCUT2D eigenvalue weighted by Crippen LogP contribution is -2.44. The summed E-state index contributed by atoms with van der Waals surface area (Å²) in [6.07, 6.45) is -1.21. The second kappa shape index (κ2) is 9.97. The average molecular weight is 527 g/mol. The van der Waals surface area contributed by atoms with Crippen LogP contribution in [0.2, 0.25) is 0 Å². The normalized spacial score (nSPS) is 20.2. The van der Waals surface area contributed by atoms with Crippen LogP contribution in [-0.4, -0.2) is 69.1 Å². The van der Waals surface area contributed by atoms with Crippen LogP contribution < -0.4 is 10.5 Å². The highest BCUT2D eigenvalue weighted by atomic mass is 19.4. The number of halogens is 3. The summed E-state index contributed by atoms with van der Waals surface area (Å²) < 4.78 is 55.5. The average Bonchev–Trinajstić information content (AvgIpc) is 3.50. The van der Waals surface area contributed by atoms with E-state index >= 15 is 0 Å². The van der Waals surface area contributed by atoms with Crippen LogP contribution >= 0.6 is 0 Å². The summed E-state index contributed by atoms with van der Waals surface area (Å²) in [7, 11) is 1.62. The fourth-order valence-corrected chi connectivity index (χ4v) is 4.72. The minimum atomic E-state index is -4.51. The van der Waals surface area contributed by atoms with Gasteiger partial charge in [0.2, 0.25) is 0 Å². The Morgan fingerprint density at radius 2 is 1.97 bits per heavy atom. The Morgan fingerprint density at radius 3 is 2.68 bits per heavy atom. The molecule has 2 N–H and O–H groups in total. The number of likely N-dealkylation sites (tertiary alicyclic amines) is 1. The van der Waals surface area contributed by atoms with Crippen molar-refractivity contribution in [1.29, 1.82) is 0 Å². The van der Waals surface area contributed by atoms with Gasteiger partial charge < -0.3 is 15.2 Å². The molecule has 1 aliphatic rings. The van der Waals surface area contributed by atoms with Gasteiger partial charge in [-0.25, -0.2) is 4.98 Å². The van der Waals surface area contributed by atoms with E-state index in [9.17, 15) is 13.2 Å². The summed E-state index contributed by atoms with van der Waals surface area (Å²) in [5.41, 5.74) is 6.97. The molecule has 4 aromatic rings. The standard InChI is InChI=1S/C27H29F3N6O2/c1-4-26(31)11-12-35(16-26)24(27(28,29)30)19-7-10-23-33-34-25(36(23)14-19)21-9-6-18-5-8-20(13-22(18)32-21)38-15-17(2)37-3/h4-10,13-14,17,24H,1,11-12,15-16,31H2,2-3H3/t17-,24+,26+/m1/s1. The number of hydrogen-bond donors (Lipinski definition) is 1. The molecule has 0 radical (unpaired) electrons. The molecule has 8 nitrogen and oxygen atoms in total. The predicted octanol–water partition coefficient (Wildman–Crippen LogP) is 4.55. The molecular weight excluding hydrogens is 497 g/mol. The SMILES string of the molecule is C=C[C@]1(N)CCN([C@@H](c2ccc3nnc(-c4ccc5ccc(OC[C@@H](C)OC)cc5n4)n3c2)C(F)(F)F)C1. The Kier molecular flexibility index (Phi) is 6.84. The summed E-state index contributed by atoms with van der Waals surface area (Å²) in [6, 6.07) is 10.3. The molecule has 38 heavy (non-hydrogen) atoms. The van der Waals surface area contributed by atoms with Crippen LogP contribution in [0.1, 0.15) is 24.9 Å². The van der Waals surface area contributed by atoms with Crippen LogP contribution in [0.5, 0.6) is 5.75 Å². The Balaban J connectivity index is 1.51. The molecule has 0 unspecified atom stereocenters. The molecule has 0 spiro atoms.